The van der Waals surface area contributed by atoms with Gasteiger partial charge in [0.05, 0.1) is 0 Å². The van der Waals surface area contributed by atoms with Gasteiger partial charge in [-0.05, 0) is 35.6 Å². The molecule has 7 heteroatoms. The number of thioether (sulfide) groups is 1. The van der Waals surface area contributed by atoms with Crippen molar-refractivity contribution in [2.45, 2.75) is 13.5 Å². The molecule has 1 N–H and O–H groups in total. The smallest absolute Gasteiger partial charge is 0.275 e. The number of amides is 1. The van der Waals surface area contributed by atoms with Crippen molar-refractivity contribution in [1.29, 1.82) is 0 Å². The predicted molar refractivity (Wildman–Crippen MR) is 117 cm³/mol. The number of thiazole rings is 1. The van der Waals surface area contributed by atoms with Crippen LogP contribution in [0.5, 0.6) is 0 Å². The van der Waals surface area contributed by atoms with Crippen LogP contribution in [0.2, 0.25) is 0 Å². The number of carbonyl (C=O) groups excluding carboxylic acids is 1. The van der Waals surface area contributed by atoms with Crippen LogP contribution in [0, 0.1) is 6.92 Å². The minimum absolute atomic E-state index is 0.156. The van der Waals surface area contributed by atoms with Gasteiger partial charge >= 0.3 is 0 Å². The van der Waals surface area contributed by atoms with E-state index in [-0.39, 0.29) is 5.91 Å². The topological polar surface area (TPSA) is 45.2 Å². The zero-order valence-electron chi connectivity index (χ0n) is 15.1. The highest BCUT2D eigenvalue weighted by Crippen LogP contribution is 2.26. The molecule has 140 valence electrons. The second-order valence-electron chi connectivity index (χ2n) is 6.54. The van der Waals surface area contributed by atoms with E-state index in [0.29, 0.717) is 5.69 Å². The third-order valence-electron chi connectivity index (χ3n) is 4.55. The summed E-state index contributed by atoms with van der Waals surface area (Å²) in [5.41, 5.74) is 4.77. The lowest BCUT2D eigenvalue weighted by Gasteiger charge is -2.26. The van der Waals surface area contributed by atoms with E-state index in [0.717, 1.165) is 41.5 Å². The van der Waals surface area contributed by atoms with Crippen molar-refractivity contribution in [1.82, 2.24) is 9.88 Å². The van der Waals surface area contributed by atoms with Gasteiger partial charge in [-0.2, -0.15) is 23.1 Å². The maximum Gasteiger partial charge on any atom is 0.275 e. The molecule has 4 nitrogen and oxygen atoms in total. The van der Waals surface area contributed by atoms with E-state index in [2.05, 4.69) is 27.3 Å². The van der Waals surface area contributed by atoms with Crippen LogP contribution >= 0.6 is 34.4 Å². The molecular formula is C20H21N3OS3. The summed E-state index contributed by atoms with van der Waals surface area (Å²) in [6.45, 7) is 5.33. The number of aromatic nitrogens is 1. The number of rotatable bonds is 5. The number of carbonyl (C=O) groups is 1. The molecule has 0 unspecified atom stereocenters. The highest BCUT2D eigenvalue weighted by atomic mass is 32.2. The number of nitrogens with one attached hydrogen (secondary N) is 1. The Hall–Kier alpha value is -1.67. The molecule has 0 radical (unpaired) electrons. The van der Waals surface area contributed by atoms with Crippen molar-refractivity contribution in [3.05, 3.63) is 57.2 Å². The molecule has 1 aliphatic heterocycles. The molecule has 1 aliphatic rings. The molecular weight excluding hydrogens is 394 g/mol. The average Bonchev–Trinajstić information content (AvgIpc) is 3.36. The molecule has 27 heavy (non-hydrogen) atoms. The molecule has 1 fully saturated rings. The molecule has 0 aliphatic carbocycles. The second-order valence-corrected chi connectivity index (χ2v) is 9.40. The standard InChI is InChI=1S/C20H21N3OS3/c1-14-10-15(11-23-5-8-25-9-6-23)2-3-17(14)21-19(24)18-13-27-20(22-18)16-4-7-26-12-16/h2-4,7,10,12-13H,5-6,8-9,11H2,1H3,(H,21,24). The molecule has 3 heterocycles. The fraction of sp³-hybridized carbons (Fsp3) is 0.300. The van der Waals surface area contributed by atoms with E-state index in [1.54, 1.807) is 11.3 Å². The maximum absolute atomic E-state index is 12.6. The van der Waals surface area contributed by atoms with Gasteiger partial charge in [-0.15, -0.1) is 11.3 Å². The Morgan fingerprint density at radius 1 is 1.22 bits per heavy atom. The third-order valence-corrected chi connectivity index (χ3v) is 7.07. The number of thiophene rings is 1. The number of anilines is 1. The van der Waals surface area contributed by atoms with E-state index >= 15 is 0 Å². The molecule has 1 saturated heterocycles. The minimum atomic E-state index is -0.156. The first-order chi connectivity index (χ1) is 13.2. The Morgan fingerprint density at radius 2 is 2.07 bits per heavy atom. The van der Waals surface area contributed by atoms with E-state index < -0.39 is 0 Å². The Bertz CT molecular complexity index is 914. The number of hydrogen-bond acceptors (Lipinski definition) is 6. The van der Waals surface area contributed by atoms with E-state index in [4.69, 9.17) is 0 Å². The predicted octanol–water partition coefficient (Wildman–Crippen LogP) is 4.98. The number of hydrogen-bond donors (Lipinski definition) is 1. The Morgan fingerprint density at radius 3 is 2.81 bits per heavy atom. The molecule has 0 saturated carbocycles. The van der Waals surface area contributed by atoms with Crippen LogP contribution in [-0.2, 0) is 6.54 Å². The lowest BCUT2D eigenvalue weighted by atomic mass is 10.1. The lowest BCUT2D eigenvalue weighted by molar-refractivity contribution is 0.102. The molecule has 1 amide bonds. The average molecular weight is 416 g/mol. The molecule has 4 rings (SSSR count). The quantitative estimate of drug-likeness (QED) is 0.638. The summed E-state index contributed by atoms with van der Waals surface area (Å²) in [5.74, 6) is 2.28. The summed E-state index contributed by atoms with van der Waals surface area (Å²) in [6, 6.07) is 8.32. The van der Waals surface area contributed by atoms with E-state index in [1.807, 2.05) is 47.0 Å². The monoisotopic (exact) mass is 415 g/mol. The highest BCUT2D eigenvalue weighted by Gasteiger charge is 2.15. The van der Waals surface area contributed by atoms with Gasteiger partial charge in [0.1, 0.15) is 10.7 Å². The lowest BCUT2D eigenvalue weighted by Crippen LogP contribution is -2.31. The van der Waals surface area contributed by atoms with Crippen LogP contribution < -0.4 is 5.32 Å². The summed E-state index contributed by atoms with van der Waals surface area (Å²) in [5, 5.41) is 9.77. The van der Waals surface area contributed by atoms with Gasteiger partial charge < -0.3 is 5.32 Å². The SMILES string of the molecule is Cc1cc(CN2CCSCC2)ccc1NC(=O)c1csc(-c2ccsc2)n1. The van der Waals surface area contributed by atoms with Crippen LogP contribution in [-0.4, -0.2) is 40.4 Å². The summed E-state index contributed by atoms with van der Waals surface area (Å²) in [4.78, 5) is 19.5. The van der Waals surface area contributed by atoms with Crippen molar-refractivity contribution in [3.63, 3.8) is 0 Å². The van der Waals surface area contributed by atoms with Gasteiger partial charge in [0.2, 0.25) is 0 Å². The van der Waals surface area contributed by atoms with Crippen molar-refractivity contribution in [2.75, 3.05) is 29.9 Å². The molecule has 0 spiro atoms. The Kier molecular flexibility index (Phi) is 5.92. The Labute approximate surface area is 171 Å². The van der Waals surface area contributed by atoms with Gasteiger partial charge in [-0.25, -0.2) is 4.98 Å². The van der Waals surface area contributed by atoms with Gasteiger partial charge in [0.15, 0.2) is 0 Å². The summed E-state index contributed by atoms with van der Waals surface area (Å²) >= 11 is 5.16. The molecule has 1 aromatic carbocycles. The first-order valence-corrected chi connectivity index (χ1v) is 11.9. The van der Waals surface area contributed by atoms with Crippen LogP contribution in [0.15, 0.2) is 40.4 Å². The van der Waals surface area contributed by atoms with Crippen LogP contribution in [0.4, 0.5) is 5.69 Å². The number of benzene rings is 1. The fourth-order valence-corrected chi connectivity index (χ4v) is 5.56. The van der Waals surface area contributed by atoms with E-state index in [9.17, 15) is 4.79 Å². The minimum Gasteiger partial charge on any atom is -0.320 e. The molecule has 0 atom stereocenters. The molecule has 0 bridgehead atoms. The highest BCUT2D eigenvalue weighted by molar-refractivity contribution is 7.99. The van der Waals surface area contributed by atoms with Gasteiger partial charge in [0, 0.05) is 53.2 Å². The summed E-state index contributed by atoms with van der Waals surface area (Å²) in [7, 11) is 0. The van der Waals surface area contributed by atoms with Crippen molar-refractivity contribution >= 4 is 46.0 Å². The van der Waals surface area contributed by atoms with Gasteiger partial charge in [-0.1, -0.05) is 12.1 Å². The normalized spacial score (nSPS) is 15.0. The van der Waals surface area contributed by atoms with Gasteiger partial charge in [0.25, 0.3) is 5.91 Å². The number of aryl methyl sites for hydroxylation is 1. The second kappa shape index (κ2) is 8.56. The zero-order chi connectivity index (χ0) is 18.6. The van der Waals surface area contributed by atoms with Crippen molar-refractivity contribution in [2.24, 2.45) is 0 Å². The third kappa shape index (κ3) is 4.60. The summed E-state index contributed by atoms with van der Waals surface area (Å²) in [6.07, 6.45) is 0. The van der Waals surface area contributed by atoms with Crippen LogP contribution in [0.1, 0.15) is 21.6 Å². The molecule has 2 aromatic heterocycles. The summed E-state index contributed by atoms with van der Waals surface area (Å²) < 4.78 is 0. The maximum atomic E-state index is 12.6. The zero-order valence-corrected chi connectivity index (χ0v) is 17.6. The number of nitrogens with zero attached hydrogens (tertiary/aromatic N) is 2. The van der Waals surface area contributed by atoms with Crippen LogP contribution in [0.25, 0.3) is 10.6 Å². The fourth-order valence-electron chi connectivity index (χ4n) is 3.06. The Balaban J connectivity index is 1.42. The first kappa shape index (κ1) is 18.7. The van der Waals surface area contributed by atoms with Crippen LogP contribution in [0.3, 0.4) is 0 Å². The first-order valence-electron chi connectivity index (χ1n) is 8.88. The largest absolute Gasteiger partial charge is 0.320 e. The van der Waals surface area contributed by atoms with Gasteiger partial charge in [-0.3, -0.25) is 9.69 Å². The van der Waals surface area contributed by atoms with E-state index in [1.165, 1.54) is 28.4 Å². The van der Waals surface area contributed by atoms with Crippen molar-refractivity contribution in [3.8, 4) is 10.6 Å². The van der Waals surface area contributed by atoms with Crippen molar-refractivity contribution < 1.29 is 4.79 Å². The molecule has 3 aromatic rings.